The van der Waals surface area contributed by atoms with Gasteiger partial charge in [-0.3, -0.25) is 0 Å². The van der Waals surface area contributed by atoms with Crippen LogP contribution in [0.4, 0.5) is 0 Å². The zero-order valence-electron chi connectivity index (χ0n) is 19.3. The standard InChI is InChI=1S/3C8H11P.BH3O3/c3*1-6-3-4-8(9)7(2)5-6;2-1(3)4/h3*3-5H,9H2,1-2H3;2-4H. The Morgan fingerprint density at radius 3 is 0.806 bits per heavy atom. The van der Waals surface area contributed by atoms with Crippen LogP contribution in [-0.4, -0.2) is 22.4 Å². The molecule has 0 amide bonds. The Morgan fingerprint density at radius 1 is 0.484 bits per heavy atom. The SMILES string of the molecule is Cc1ccc(P)c(C)c1.Cc1ccc(P)c(C)c1.Cc1ccc(P)c(C)c1.OB(O)O. The van der Waals surface area contributed by atoms with E-state index in [1.54, 1.807) is 0 Å². The van der Waals surface area contributed by atoms with Crippen LogP contribution in [0.1, 0.15) is 33.4 Å². The summed E-state index contributed by atoms with van der Waals surface area (Å²) in [5.41, 5.74) is 8.04. The highest BCUT2D eigenvalue weighted by Crippen LogP contribution is 2.03. The van der Waals surface area contributed by atoms with Crippen molar-refractivity contribution in [1.82, 2.24) is 0 Å². The molecule has 0 saturated carbocycles. The summed E-state index contributed by atoms with van der Waals surface area (Å²) in [4.78, 5) is 0. The van der Waals surface area contributed by atoms with Gasteiger partial charge in [-0.25, -0.2) is 0 Å². The first kappa shape index (κ1) is 29.9. The third kappa shape index (κ3) is 14.6. The van der Waals surface area contributed by atoms with Gasteiger partial charge in [0, 0.05) is 0 Å². The van der Waals surface area contributed by atoms with E-state index in [1.165, 1.54) is 49.3 Å². The van der Waals surface area contributed by atoms with E-state index in [2.05, 4.69) is 124 Å². The molecule has 0 heterocycles. The highest BCUT2D eigenvalue weighted by Gasteiger charge is 1.93. The summed E-state index contributed by atoms with van der Waals surface area (Å²) in [5, 5.41) is 25.4. The molecule has 0 aliphatic rings. The molecule has 3 aromatic carbocycles. The molecule has 0 aliphatic heterocycles. The molecule has 0 bridgehead atoms. The van der Waals surface area contributed by atoms with Crippen LogP contribution >= 0.6 is 27.7 Å². The normalized spacial score (nSPS) is 9.29. The van der Waals surface area contributed by atoms with E-state index in [4.69, 9.17) is 15.1 Å². The Bertz CT molecular complexity index is 827. The maximum absolute atomic E-state index is 7.17. The van der Waals surface area contributed by atoms with Gasteiger partial charge in [0.25, 0.3) is 0 Å². The molecule has 0 aliphatic carbocycles. The van der Waals surface area contributed by atoms with Gasteiger partial charge in [0.2, 0.25) is 0 Å². The quantitative estimate of drug-likeness (QED) is 0.345. The largest absolute Gasteiger partial charge is 0.631 e. The van der Waals surface area contributed by atoms with Crippen molar-refractivity contribution in [3.05, 3.63) is 88.0 Å². The summed E-state index contributed by atoms with van der Waals surface area (Å²) in [5.74, 6) is 0. The van der Waals surface area contributed by atoms with Crippen LogP contribution in [0.25, 0.3) is 0 Å². The minimum absolute atomic E-state index is 1.29. The van der Waals surface area contributed by atoms with Gasteiger partial charge in [-0.15, -0.1) is 27.7 Å². The van der Waals surface area contributed by atoms with Gasteiger partial charge in [-0.05, 0) is 74.1 Å². The molecule has 3 aromatic rings. The van der Waals surface area contributed by atoms with Gasteiger partial charge < -0.3 is 15.1 Å². The second-order valence-corrected chi connectivity index (χ2v) is 9.29. The van der Waals surface area contributed by atoms with E-state index in [0.29, 0.717) is 0 Å². The lowest BCUT2D eigenvalue weighted by molar-refractivity contribution is 0.278. The number of hydrogen-bond acceptors (Lipinski definition) is 3. The molecule has 0 spiro atoms. The van der Waals surface area contributed by atoms with E-state index in [1.807, 2.05) is 0 Å². The van der Waals surface area contributed by atoms with Gasteiger partial charge in [0.1, 0.15) is 0 Å². The Balaban J connectivity index is 0.000000402. The fraction of sp³-hybridized carbons (Fsp3) is 0.250. The summed E-state index contributed by atoms with van der Waals surface area (Å²) in [6, 6.07) is 19.3. The molecule has 0 radical (unpaired) electrons. The molecule has 3 atom stereocenters. The molecule has 31 heavy (non-hydrogen) atoms. The lowest BCUT2D eigenvalue weighted by atomic mass is 10.2. The average molecular weight is 476 g/mol. The van der Waals surface area contributed by atoms with Crippen molar-refractivity contribution >= 4 is 51.0 Å². The average Bonchev–Trinajstić information content (AvgIpc) is 2.66. The van der Waals surface area contributed by atoms with Crippen LogP contribution in [0.2, 0.25) is 0 Å². The van der Waals surface area contributed by atoms with Gasteiger partial charge >= 0.3 is 7.32 Å². The van der Waals surface area contributed by atoms with Crippen molar-refractivity contribution in [3.63, 3.8) is 0 Å². The zero-order chi connectivity index (χ0) is 24.1. The molecule has 7 heteroatoms. The van der Waals surface area contributed by atoms with E-state index in [0.717, 1.165) is 0 Å². The molecular weight excluding hydrogens is 440 g/mol. The van der Waals surface area contributed by atoms with E-state index < -0.39 is 7.32 Å². The Hall–Kier alpha value is -1.11. The summed E-state index contributed by atoms with van der Waals surface area (Å²) in [6.07, 6.45) is 0. The van der Waals surface area contributed by atoms with Crippen molar-refractivity contribution in [1.29, 1.82) is 0 Å². The molecule has 168 valence electrons. The first-order valence-corrected chi connectivity index (χ1v) is 11.6. The lowest BCUT2D eigenvalue weighted by Crippen LogP contribution is -2.07. The van der Waals surface area contributed by atoms with E-state index in [-0.39, 0.29) is 0 Å². The predicted molar refractivity (Wildman–Crippen MR) is 148 cm³/mol. The lowest BCUT2D eigenvalue weighted by Gasteiger charge is -1.98. The Kier molecular flexibility index (Phi) is 15.1. The summed E-state index contributed by atoms with van der Waals surface area (Å²) in [6.45, 7) is 12.7. The molecule has 3 N–H and O–H groups in total. The van der Waals surface area contributed by atoms with Gasteiger partial charge in [0.15, 0.2) is 0 Å². The molecule has 3 rings (SSSR count). The van der Waals surface area contributed by atoms with Crippen molar-refractivity contribution in [2.75, 3.05) is 0 Å². The van der Waals surface area contributed by atoms with Crippen LogP contribution in [0.5, 0.6) is 0 Å². The molecule has 3 nitrogen and oxygen atoms in total. The predicted octanol–water partition coefficient (Wildman–Crippen LogP) is 3.36. The van der Waals surface area contributed by atoms with Crippen LogP contribution < -0.4 is 15.9 Å². The Labute approximate surface area is 195 Å². The maximum atomic E-state index is 7.17. The second-order valence-electron chi connectivity index (χ2n) is 7.43. The van der Waals surface area contributed by atoms with Gasteiger partial charge in [-0.1, -0.05) is 71.3 Å². The third-order valence-electron chi connectivity index (χ3n) is 4.28. The van der Waals surface area contributed by atoms with Crippen molar-refractivity contribution in [2.45, 2.75) is 41.5 Å². The van der Waals surface area contributed by atoms with Gasteiger partial charge in [0.05, 0.1) is 0 Å². The topological polar surface area (TPSA) is 60.7 Å². The number of benzene rings is 3. The fourth-order valence-corrected chi connectivity index (χ4v) is 3.02. The zero-order valence-corrected chi connectivity index (χ0v) is 22.8. The highest BCUT2D eigenvalue weighted by molar-refractivity contribution is 7.28. The minimum Gasteiger partial charge on any atom is -0.402 e. The van der Waals surface area contributed by atoms with Crippen LogP contribution in [0, 0.1) is 41.5 Å². The van der Waals surface area contributed by atoms with Crippen LogP contribution in [0.15, 0.2) is 54.6 Å². The monoisotopic (exact) mass is 476 g/mol. The number of aryl methyl sites for hydroxylation is 6. The van der Waals surface area contributed by atoms with Crippen LogP contribution in [0.3, 0.4) is 0 Å². The van der Waals surface area contributed by atoms with Crippen molar-refractivity contribution < 1.29 is 15.1 Å². The molecular formula is C24H36BO3P3. The van der Waals surface area contributed by atoms with Crippen molar-refractivity contribution in [3.8, 4) is 0 Å². The van der Waals surface area contributed by atoms with E-state index >= 15 is 0 Å². The molecule has 3 unspecified atom stereocenters. The summed E-state index contributed by atoms with van der Waals surface area (Å²) in [7, 11) is 5.96. The highest BCUT2D eigenvalue weighted by atomic mass is 31.0. The van der Waals surface area contributed by atoms with Crippen LogP contribution in [-0.2, 0) is 0 Å². The first-order chi connectivity index (χ1) is 14.3. The Morgan fingerprint density at radius 2 is 0.677 bits per heavy atom. The second kappa shape index (κ2) is 15.7. The summed E-state index contributed by atoms with van der Waals surface area (Å²) < 4.78 is 0. The minimum atomic E-state index is -2.17. The molecule has 0 aromatic heterocycles. The molecule has 0 saturated heterocycles. The van der Waals surface area contributed by atoms with E-state index in [9.17, 15) is 0 Å². The fourth-order valence-electron chi connectivity index (χ4n) is 2.48. The smallest absolute Gasteiger partial charge is 0.402 e. The third-order valence-corrected chi connectivity index (χ3v) is 6.22. The number of rotatable bonds is 0. The summed E-state index contributed by atoms with van der Waals surface area (Å²) >= 11 is 0. The van der Waals surface area contributed by atoms with Gasteiger partial charge in [-0.2, -0.15) is 0 Å². The number of hydrogen-bond donors (Lipinski definition) is 3. The first-order valence-electron chi connectivity index (χ1n) is 9.85. The van der Waals surface area contributed by atoms with Crippen molar-refractivity contribution in [2.24, 2.45) is 0 Å². The molecule has 0 fully saturated rings. The maximum Gasteiger partial charge on any atom is 0.631 e.